The number of aromatic nitrogens is 2. The molecular formula is C12H13N3S. The summed E-state index contributed by atoms with van der Waals surface area (Å²) in [5.74, 6) is 1.91. The zero-order valence-electron chi connectivity index (χ0n) is 9.10. The van der Waals surface area contributed by atoms with E-state index in [0.717, 1.165) is 17.8 Å². The van der Waals surface area contributed by atoms with Crippen LogP contribution in [0.2, 0.25) is 0 Å². The molecule has 0 bridgehead atoms. The fraction of sp³-hybridized carbons (Fsp3) is 0.250. The van der Waals surface area contributed by atoms with Crippen LogP contribution >= 0.6 is 11.8 Å². The predicted octanol–water partition coefficient (Wildman–Crippen LogP) is 2.32. The lowest BCUT2D eigenvalue weighted by atomic mass is 10.0. The Bertz CT molecular complexity index is 545. The number of nitrogens with zero attached hydrogens (tertiary/aromatic N) is 2. The van der Waals surface area contributed by atoms with Crippen molar-refractivity contribution in [3.63, 3.8) is 0 Å². The summed E-state index contributed by atoms with van der Waals surface area (Å²) in [5, 5.41) is 4.20. The van der Waals surface area contributed by atoms with Gasteiger partial charge in [-0.05, 0) is 12.0 Å². The molecule has 3 nitrogen and oxygen atoms in total. The van der Waals surface area contributed by atoms with Crippen molar-refractivity contribution in [2.75, 3.05) is 11.5 Å². The number of thioether (sulfide) groups is 1. The second-order valence-electron chi connectivity index (χ2n) is 3.96. The van der Waals surface area contributed by atoms with Gasteiger partial charge in [-0.15, -0.1) is 11.8 Å². The van der Waals surface area contributed by atoms with E-state index in [1.54, 1.807) is 4.68 Å². The number of hydrogen-bond acceptors (Lipinski definition) is 3. The van der Waals surface area contributed by atoms with E-state index in [1.807, 2.05) is 25.0 Å². The lowest BCUT2D eigenvalue weighted by Gasteiger charge is -2.06. The normalized spacial score (nSPS) is 14.1. The van der Waals surface area contributed by atoms with Gasteiger partial charge < -0.3 is 5.73 Å². The first-order chi connectivity index (χ1) is 7.77. The molecule has 0 saturated heterocycles. The molecule has 1 aromatic heterocycles. The standard InChI is InChI=1S/C12H13N3S/c1-15-12(13)10(7-14-15)9-4-2-3-8-5-6-16-11(8)9/h2-4,7H,5-6,13H2,1H3. The van der Waals surface area contributed by atoms with E-state index >= 15 is 0 Å². The van der Waals surface area contributed by atoms with Crippen molar-refractivity contribution in [1.82, 2.24) is 9.78 Å². The number of nitrogen functional groups attached to an aromatic ring is 1. The van der Waals surface area contributed by atoms with Crippen molar-refractivity contribution in [2.45, 2.75) is 11.3 Å². The summed E-state index contributed by atoms with van der Waals surface area (Å²) in [6.45, 7) is 0. The number of hydrogen-bond donors (Lipinski definition) is 1. The maximum atomic E-state index is 6.02. The molecule has 0 spiro atoms. The zero-order valence-corrected chi connectivity index (χ0v) is 9.92. The van der Waals surface area contributed by atoms with Gasteiger partial charge in [0.25, 0.3) is 0 Å². The van der Waals surface area contributed by atoms with Crippen molar-refractivity contribution >= 4 is 17.6 Å². The molecule has 2 N–H and O–H groups in total. The number of fused-ring (bicyclic) bond motifs is 1. The zero-order chi connectivity index (χ0) is 11.1. The summed E-state index contributed by atoms with van der Waals surface area (Å²) in [7, 11) is 1.87. The second-order valence-corrected chi connectivity index (χ2v) is 5.06. The lowest BCUT2D eigenvalue weighted by molar-refractivity contribution is 0.779. The Labute approximate surface area is 98.6 Å². The van der Waals surface area contributed by atoms with Gasteiger partial charge in [-0.3, -0.25) is 4.68 Å². The molecule has 0 aliphatic carbocycles. The molecule has 0 fully saturated rings. The van der Waals surface area contributed by atoms with Crippen LogP contribution in [0, 0.1) is 0 Å². The van der Waals surface area contributed by atoms with E-state index in [0.29, 0.717) is 0 Å². The maximum absolute atomic E-state index is 6.02. The topological polar surface area (TPSA) is 43.8 Å². The van der Waals surface area contributed by atoms with Crippen LogP contribution in [-0.4, -0.2) is 15.5 Å². The molecule has 0 atom stereocenters. The van der Waals surface area contributed by atoms with E-state index in [4.69, 9.17) is 5.73 Å². The number of aryl methyl sites for hydroxylation is 2. The van der Waals surface area contributed by atoms with Gasteiger partial charge in [-0.1, -0.05) is 18.2 Å². The Hall–Kier alpha value is -1.42. The monoisotopic (exact) mass is 231 g/mol. The minimum atomic E-state index is 0.737. The van der Waals surface area contributed by atoms with Crippen LogP contribution < -0.4 is 5.73 Å². The largest absolute Gasteiger partial charge is 0.383 e. The number of rotatable bonds is 1. The Kier molecular flexibility index (Phi) is 2.17. The molecule has 0 amide bonds. The molecule has 16 heavy (non-hydrogen) atoms. The van der Waals surface area contributed by atoms with Crippen LogP contribution in [0.3, 0.4) is 0 Å². The van der Waals surface area contributed by atoms with Gasteiger partial charge in [-0.25, -0.2) is 0 Å². The molecule has 0 radical (unpaired) electrons. The van der Waals surface area contributed by atoms with Crippen molar-refractivity contribution in [1.29, 1.82) is 0 Å². The molecular weight excluding hydrogens is 218 g/mol. The third-order valence-electron chi connectivity index (χ3n) is 2.99. The predicted molar refractivity (Wildman–Crippen MR) is 67.5 cm³/mol. The van der Waals surface area contributed by atoms with Crippen LogP contribution in [0.25, 0.3) is 11.1 Å². The maximum Gasteiger partial charge on any atom is 0.129 e. The van der Waals surface area contributed by atoms with Crippen molar-refractivity contribution in [3.05, 3.63) is 30.0 Å². The van der Waals surface area contributed by atoms with Gasteiger partial charge in [0.15, 0.2) is 0 Å². The SMILES string of the molecule is Cn1ncc(-c2cccc3c2SCC3)c1N. The highest BCUT2D eigenvalue weighted by Gasteiger charge is 2.18. The Morgan fingerprint density at radius 1 is 1.38 bits per heavy atom. The first-order valence-corrected chi connectivity index (χ1v) is 6.28. The van der Waals surface area contributed by atoms with Crippen molar-refractivity contribution in [3.8, 4) is 11.1 Å². The molecule has 2 heterocycles. The highest BCUT2D eigenvalue weighted by Crippen LogP contribution is 2.40. The van der Waals surface area contributed by atoms with E-state index in [9.17, 15) is 0 Å². The smallest absolute Gasteiger partial charge is 0.129 e. The molecule has 1 aromatic carbocycles. The molecule has 4 heteroatoms. The van der Waals surface area contributed by atoms with E-state index < -0.39 is 0 Å². The third-order valence-corrected chi connectivity index (χ3v) is 4.17. The van der Waals surface area contributed by atoms with Gasteiger partial charge in [0.1, 0.15) is 5.82 Å². The first-order valence-electron chi connectivity index (χ1n) is 5.30. The Morgan fingerprint density at radius 2 is 2.25 bits per heavy atom. The Balaban J connectivity index is 2.21. The second kappa shape index (κ2) is 3.56. The summed E-state index contributed by atoms with van der Waals surface area (Å²) in [5.41, 5.74) is 9.73. The molecule has 3 rings (SSSR count). The van der Waals surface area contributed by atoms with Gasteiger partial charge in [0.05, 0.1) is 6.20 Å². The first kappa shape index (κ1) is 9.78. The van der Waals surface area contributed by atoms with Crippen LogP contribution in [0.4, 0.5) is 5.82 Å². The number of nitrogens with two attached hydrogens (primary N) is 1. The van der Waals surface area contributed by atoms with Gasteiger partial charge in [-0.2, -0.15) is 5.10 Å². The minimum Gasteiger partial charge on any atom is -0.383 e. The summed E-state index contributed by atoms with van der Waals surface area (Å²) >= 11 is 1.91. The quantitative estimate of drug-likeness (QED) is 0.819. The molecule has 0 saturated carbocycles. The van der Waals surface area contributed by atoms with Crippen LogP contribution in [-0.2, 0) is 13.5 Å². The van der Waals surface area contributed by atoms with Crippen molar-refractivity contribution in [2.24, 2.45) is 7.05 Å². The van der Waals surface area contributed by atoms with E-state index in [2.05, 4.69) is 23.3 Å². The molecule has 1 aliphatic rings. The third kappa shape index (κ3) is 1.33. The van der Waals surface area contributed by atoms with Gasteiger partial charge >= 0.3 is 0 Å². The van der Waals surface area contributed by atoms with Crippen LogP contribution in [0.15, 0.2) is 29.3 Å². The summed E-state index contributed by atoms with van der Waals surface area (Å²) in [6.07, 6.45) is 3.01. The van der Waals surface area contributed by atoms with Crippen LogP contribution in [0.5, 0.6) is 0 Å². The van der Waals surface area contributed by atoms with Crippen LogP contribution in [0.1, 0.15) is 5.56 Å². The molecule has 1 aliphatic heterocycles. The van der Waals surface area contributed by atoms with E-state index in [1.165, 1.54) is 21.8 Å². The van der Waals surface area contributed by atoms with Crippen molar-refractivity contribution < 1.29 is 0 Å². The highest BCUT2D eigenvalue weighted by molar-refractivity contribution is 7.99. The summed E-state index contributed by atoms with van der Waals surface area (Å²) < 4.78 is 1.72. The molecule has 2 aromatic rings. The molecule has 82 valence electrons. The Morgan fingerprint density at radius 3 is 3.00 bits per heavy atom. The fourth-order valence-corrected chi connectivity index (χ4v) is 3.30. The average molecular weight is 231 g/mol. The van der Waals surface area contributed by atoms with E-state index in [-0.39, 0.29) is 0 Å². The summed E-state index contributed by atoms with van der Waals surface area (Å²) in [6, 6.07) is 6.43. The average Bonchev–Trinajstić information content (AvgIpc) is 2.87. The number of benzene rings is 1. The fourth-order valence-electron chi connectivity index (χ4n) is 2.08. The van der Waals surface area contributed by atoms with Gasteiger partial charge in [0, 0.05) is 28.8 Å². The van der Waals surface area contributed by atoms with Gasteiger partial charge in [0.2, 0.25) is 0 Å². The number of anilines is 1. The summed E-state index contributed by atoms with van der Waals surface area (Å²) in [4.78, 5) is 1.38. The minimum absolute atomic E-state index is 0.737. The highest BCUT2D eigenvalue weighted by atomic mass is 32.2. The molecule has 0 unspecified atom stereocenters. The lowest BCUT2D eigenvalue weighted by Crippen LogP contribution is -1.98.